The van der Waals surface area contributed by atoms with Crippen molar-refractivity contribution in [3.63, 3.8) is 0 Å². The van der Waals surface area contributed by atoms with E-state index < -0.39 is 0 Å². The lowest BCUT2D eigenvalue weighted by Crippen LogP contribution is -2.38. The smallest absolute Gasteiger partial charge is 0.218 e. The Bertz CT molecular complexity index is 404. The number of nitrogens with zero attached hydrogens (tertiary/aromatic N) is 2. The van der Waals surface area contributed by atoms with Crippen LogP contribution in [-0.4, -0.2) is 31.1 Å². The van der Waals surface area contributed by atoms with Gasteiger partial charge in [-0.2, -0.15) is 0 Å². The second-order valence-corrected chi connectivity index (χ2v) is 4.60. The minimum absolute atomic E-state index is 0.580. The zero-order valence-corrected chi connectivity index (χ0v) is 12.2. The van der Waals surface area contributed by atoms with Gasteiger partial charge in [-0.3, -0.25) is 4.99 Å². The van der Waals surface area contributed by atoms with E-state index in [2.05, 4.69) is 34.5 Å². The molecule has 1 aromatic rings. The highest BCUT2D eigenvalue weighted by Gasteiger charge is 2.05. The molecule has 0 saturated heterocycles. The van der Waals surface area contributed by atoms with E-state index in [9.17, 15) is 0 Å². The molecule has 106 valence electrons. The van der Waals surface area contributed by atoms with E-state index in [4.69, 9.17) is 4.74 Å². The highest BCUT2D eigenvalue weighted by molar-refractivity contribution is 5.79. The first kappa shape index (κ1) is 15.3. The maximum atomic E-state index is 5.49. The Balaban J connectivity index is 2.55. The van der Waals surface area contributed by atoms with Crippen molar-refractivity contribution in [1.82, 2.24) is 15.6 Å². The first-order valence-corrected chi connectivity index (χ1v) is 6.68. The monoisotopic (exact) mass is 264 g/mol. The predicted octanol–water partition coefficient (Wildman–Crippen LogP) is 1.80. The Morgan fingerprint density at radius 1 is 1.42 bits per heavy atom. The summed E-state index contributed by atoms with van der Waals surface area (Å²) in [7, 11) is 1.77. The third-order valence-corrected chi connectivity index (χ3v) is 2.48. The number of rotatable bonds is 6. The van der Waals surface area contributed by atoms with Crippen LogP contribution in [0.1, 0.15) is 26.3 Å². The second-order valence-electron chi connectivity index (χ2n) is 4.60. The van der Waals surface area contributed by atoms with Crippen LogP contribution in [0.25, 0.3) is 0 Å². The molecule has 1 rings (SSSR count). The molecule has 0 spiro atoms. The molecule has 19 heavy (non-hydrogen) atoms. The van der Waals surface area contributed by atoms with E-state index in [1.165, 1.54) is 0 Å². The van der Waals surface area contributed by atoms with Gasteiger partial charge in [-0.05, 0) is 18.9 Å². The van der Waals surface area contributed by atoms with Crippen molar-refractivity contribution < 1.29 is 4.74 Å². The Hall–Kier alpha value is -1.78. The molecular weight excluding hydrogens is 240 g/mol. The number of hydrogen-bond acceptors (Lipinski definition) is 3. The van der Waals surface area contributed by atoms with E-state index in [1.807, 2.05) is 19.1 Å². The first-order valence-electron chi connectivity index (χ1n) is 6.68. The summed E-state index contributed by atoms with van der Waals surface area (Å²) in [6.45, 7) is 8.43. The summed E-state index contributed by atoms with van der Waals surface area (Å²) in [6, 6.07) is 3.91. The van der Waals surface area contributed by atoms with Crippen molar-refractivity contribution >= 4 is 5.96 Å². The molecule has 0 aliphatic rings. The van der Waals surface area contributed by atoms with Crippen molar-refractivity contribution in [1.29, 1.82) is 0 Å². The number of ether oxygens (including phenoxy) is 1. The SMILES string of the molecule is CCOc1ncccc1CNC(=NC)NCC(C)C. The quantitative estimate of drug-likeness (QED) is 0.607. The minimum atomic E-state index is 0.580. The zero-order chi connectivity index (χ0) is 14.1. The Kier molecular flexibility index (Phi) is 6.71. The number of pyridine rings is 1. The van der Waals surface area contributed by atoms with Gasteiger partial charge >= 0.3 is 0 Å². The van der Waals surface area contributed by atoms with Gasteiger partial charge in [-0.25, -0.2) is 4.98 Å². The van der Waals surface area contributed by atoms with Gasteiger partial charge in [0.1, 0.15) is 0 Å². The molecule has 0 fully saturated rings. The molecule has 0 unspecified atom stereocenters. The standard InChI is InChI=1S/C14H24N4O/c1-5-19-13-12(7-6-8-16-13)10-18-14(15-4)17-9-11(2)3/h6-8,11H,5,9-10H2,1-4H3,(H2,15,17,18). The van der Waals surface area contributed by atoms with Gasteiger partial charge in [0.15, 0.2) is 5.96 Å². The van der Waals surface area contributed by atoms with E-state index in [0.717, 1.165) is 18.1 Å². The maximum absolute atomic E-state index is 5.49. The van der Waals surface area contributed by atoms with Gasteiger partial charge in [0.2, 0.25) is 5.88 Å². The summed E-state index contributed by atoms with van der Waals surface area (Å²) in [5.41, 5.74) is 1.02. The van der Waals surface area contributed by atoms with Gasteiger partial charge in [-0.15, -0.1) is 0 Å². The predicted molar refractivity (Wildman–Crippen MR) is 78.4 cm³/mol. The van der Waals surface area contributed by atoms with Crippen molar-refractivity contribution in [2.45, 2.75) is 27.3 Å². The third kappa shape index (κ3) is 5.59. The normalized spacial score (nSPS) is 11.5. The molecule has 1 aromatic heterocycles. The molecule has 0 atom stereocenters. The summed E-state index contributed by atoms with van der Waals surface area (Å²) in [5.74, 6) is 2.05. The number of nitrogens with one attached hydrogen (secondary N) is 2. The fourth-order valence-corrected chi connectivity index (χ4v) is 1.53. The van der Waals surface area contributed by atoms with Crippen LogP contribution < -0.4 is 15.4 Å². The minimum Gasteiger partial charge on any atom is -0.478 e. The fourth-order valence-electron chi connectivity index (χ4n) is 1.53. The van der Waals surface area contributed by atoms with Gasteiger partial charge in [0, 0.05) is 31.9 Å². The van der Waals surface area contributed by atoms with Crippen LogP contribution in [0.3, 0.4) is 0 Å². The number of aromatic nitrogens is 1. The third-order valence-electron chi connectivity index (χ3n) is 2.48. The van der Waals surface area contributed by atoms with E-state index >= 15 is 0 Å². The number of aliphatic imine (C=N–C) groups is 1. The molecule has 0 saturated carbocycles. The molecule has 0 aliphatic carbocycles. The van der Waals surface area contributed by atoms with Crippen LogP contribution in [0, 0.1) is 5.92 Å². The summed E-state index contributed by atoms with van der Waals surface area (Å²) >= 11 is 0. The molecular formula is C14H24N4O. The Labute approximate surface area is 115 Å². The molecule has 0 bridgehead atoms. The van der Waals surface area contributed by atoms with Crippen LogP contribution in [-0.2, 0) is 6.54 Å². The van der Waals surface area contributed by atoms with Crippen molar-refractivity contribution in [3.05, 3.63) is 23.9 Å². The average molecular weight is 264 g/mol. The second kappa shape index (κ2) is 8.34. The Morgan fingerprint density at radius 3 is 2.84 bits per heavy atom. The van der Waals surface area contributed by atoms with E-state index in [0.29, 0.717) is 24.9 Å². The molecule has 0 amide bonds. The first-order chi connectivity index (χ1) is 9.17. The maximum Gasteiger partial charge on any atom is 0.218 e. The highest BCUT2D eigenvalue weighted by atomic mass is 16.5. The Morgan fingerprint density at radius 2 is 2.21 bits per heavy atom. The van der Waals surface area contributed by atoms with Gasteiger partial charge in [-0.1, -0.05) is 19.9 Å². The summed E-state index contributed by atoms with van der Waals surface area (Å²) in [5, 5.41) is 6.53. The van der Waals surface area contributed by atoms with E-state index in [1.54, 1.807) is 13.2 Å². The summed E-state index contributed by atoms with van der Waals surface area (Å²) < 4.78 is 5.49. The average Bonchev–Trinajstić information content (AvgIpc) is 2.40. The molecule has 5 heteroatoms. The lowest BCUT2D eigenvalue weighted by Gasteiger charge is -2.14. The van der Waals surface area contributed by atoms with Crippen molar-refractivity contribution in [2.24, 2.45) is 10.9 Å². The van der Waals surface area contributed by atoms with Crippen LogP contribution >= 0.6 is 0 Å². The molecule has 0 aliphatic heterocycles. The molecule has 0 aromatic carbocycles. The highest BCUT2D eigenvalue weighted by Crippen LogP contribution is 2.13. The van der Waals surface area contributed by atoms with E-state index in [-0.39, 0.29) is 0 Å². The summed E-state index contributed by atoms with van der Waals surface area (Å²) in [6.07, 6.45) is 1.74. The zero-order valence-electron chi connectivity index (χ0n) is 12.2. The van der Waals surface area contributed by atoms with Gasteiger partial charge in [0.25, 0.3) is 0 Å². The van der Waals surface area contributed by atoms with Crippen molar-refractivity contribution in [2.75, 3.05) is 20.2 Å². The number of guanidine groups is 1. The lowest BCUT2D eigenvalue weighted by molar-refractivity contribution is 0.322. The van der Waals surface area contributed by atoms with Crippen molar-refractivity contribution in [3.8, 4) is 5.88 Å². The molecule has 2 N–H and O–H groups in total. The topological polar surface area (TPSA) is 58.5 Å². The van der Waals surface area contributed by atoms with Gasteiger partial charge < -0.3 is 15.4 Å². The van der Waals surface area contributed by atoms with Crippen LogP contribution in [0.15, 0.2) is 23.3 Å². The summed E-state index contributed by atoms with van der Waals surface area (Å²) in [4.78, 5) is 8.41. The lowest BCUT2D eigenvalue weighted by atomic mass is 10.2. The van der Waals surface area contributed by atoms with Crippen LogP contribution in [0.2, 0.25) is 0 Å². The van der Waals surface area contributed by atoms with Crippen LogP contribution in [0.4, 0.5) is 0 Å². The fraction of sp³-hybridized carbons (Fsp3) is 0.571. The van der Waals surface area contributed by atoms with Crippen LogP contribution in [0.5, 0.6) is 5.88 Å². The molecule has 5 nitrogen and oxygen atoms in total. The number of hydrogen-bond donors (Lipinski definition) is 2. The molecule has 0 radical (unpaired) electrons. The van der Waals surface area contributed by atoms with Gasteiger partial charge in [0.05, 0.1) is 6.61 Å². The largest absolute Gasteiger partial charge is 0.478 e. The molecule has 1 heterocycles.